The highest BCUT2D eigenvalue weighted by Gasteiger charge is 2.30. The van der Waals surface area contributed by atoms with Crippen molar-refractivity contribution in [2.24, 2.45) is 0 Å². The Morgan fingerprint density at radius 2 is 2.14 bits per heavy atom. The van der Waals surface area contributed by atoms with E-state index in [0.29, 0.717) is 13.2 Å². The lowest BCUT2D eigenvalue weighted by Gasteiger charge is -2.24. The maximum absolute atomic E-state index is 12.2. The number of carbonyl (C=O) groups excluding carboxylic acids is 1. The standard InChI is InChI=1S/C17H23NO3/c1-5-6-12-20-15-9-7-8-14-13(15)10-11-18(14)16(19)21-17(2,3)4/h5-9H,10-12H2,1-4H3. The van der Waals surface area contributed by atoms with Crippen molar-refractivity contribution in [3.05, 3.63) is 35.9 Å². The van der Waals surface area contributed by atoms with Gasteiger partial charge in [-0.2, -0.15) is 0 Å². The summed E-state index contributed by atoms with van der Waals surface area (Å²) in [7, 11) is 0. The van der Waals surface area contributed by atoms with Gasteiger partial charge in [0.2, 0.25) is 0 Å². The van der Waals surface area contributed by atoms with E-state index >= 15 is 0 Å². The van der Waals surface area contributed by atoms with Gasteiger partial charge in [0, 0.05) is 12.1 Å². The number of nitrogens with zero attached hydrogens (tertiary/aromatic N) is 1. The molecular formula is C17H23NO3. The first-order chi connectivity index (χ1) is 9.92. The summed E-state index contributed by atoms with van der Waals surface area (Å²) in [5.41, 5.74) is 1.48. The third-order valence-corrected chi connectivity index (χ3v) is 3.17. The van der Waals surface area contributed by atoms with E-state index in [9.17, 15) is 4.79 Å². The quantitative estimate of drug-likeness (QED) is 0.791. The Morgan fingerprint density at radius 3 is 2.81 bits per heavy atom. The molecule has 4 heteroatoms. The van der Waals surface area contributed by atoms with E-state index in [1.165, 1.54) is 0 Å². The number of anilines is 1. The van der Waals surface area contributed by atoms with Gasteiger partial charge in [0.15, 0.2) is 0 Å². The number of ether oxygens (including phenoxy) is 2. The highest BCUT2D eigenvalue weighted by molar-refractivity contribution is 5.91. The summed E-state index contributed by atoms with van der Waals surface area (Å²) in [6, 6.07) is 5.79. The summed E-state index contributed by atoms with van der Waals surface area (Å²) in [4.78, 5) is 13.9. The molecule has 1 aliphatic heterocycles. The number of fused-ring (bicyclic) bond motifs is 1. The zero-order valence-corrected chi connectivity index (χ0v) is 13.2. The van der Waals surface area contributed by atoms with Crippen molar-refractivity contribution in [1.82, 2.24) is 0 Å². The first-order valence-electron chi connectivity index (χ1n) is 7.29. The van der Waals surface area contributed by atoms with E-state index in [0.717, 1.165) is 23.4 Å². The Morgan fingerprint density at radius 1 is 1.38 bits per heavy atom. The fourth-order valence-corrected chi connectivity index (χ4v) is 2.28. The summed E-state index contributed by atoms with van der Waals surface area (Å²) in [5.74, 6) is 0.844. The van der Waals surface area contributed by atoms with Crippen molar-refractivity contribution < 1.29 is 14.3 Å². The van der Waals surface area contributed by atoms with Crippen LogP contribution in [0.3, 0.4) is 0 Å². The van der Waals surface area contributed by atoms with Gasteiger partial charge in [-0.3, -0.25) is 4.90 Å². The monoisotopic (exact) mass is 289 g/mol. The number of carbonyl (C=O) groups is 1. The molecule has 2 rings (SSSR count). The molecule has 1 heterocycles. The average molecular weight is 289 g/mol. The molecule has 0 aromatic heterocycles. The van der Waals surface area contributed by atoms with Crippen LogP contribution in [0.1, 0.15) is 33.3 Å². The number of benzene rings is 1. The molecule has 1 aliphatic rings. The van der Waals surface area contributed by atoms with Gasteiger partial charge >= 0.3 is 6.09 Å². The van der Waals surface area contributed by atoms with E-state index in [4.69, 9.17) is 9.47 Å². The minimum atomic E-state index is -0.486. The summed E-state index contributed by atoms with van der Waals surface area (Å²) >= 11 is 0. The average Bonchev–Trinajstić information content (AvgIpc) is 2.82. The molecule has 0 aliphatic carbocycles. The first kappa shape index (κ1) is 15.4. The van der Waals surface area contributed by atoms with E-state index in [1.807, 2.05) is 58.0 Å². The lowest BCUT2D eigenvalue weighted by Crippen LogP contribution is -2.35. The van der Waals surface area contributed by atoms with Crippen molar-refractivity contribution in [2.45, 2.75) is 39.7 Å². The second-order valence-electron chi connectivity index (χ2n) is 6.02. The molecule has 0 N–H and O–H groups in total. The van der Waals surface area contributed by atoms with Crippen LogP contribution in [0.25, 0.3) is 0 Å². The molecule has 0 saturated heterocycles. The molecule has 0 bridgehead atoms. The lowest BCUT2D eigenvalue weighted by molar-refractivity contribution is 0.0584. The Balaban J connectivity index is 2.17. The van der Waals surface area contributed by atoms with Crippen LogP contribution in [0.5, 0.6) is 5.75 Å². The molecular weight excluding hydrogens is 266 g/mol. The van der Waals surface area contributed by atoms with E-state index in [1.54, 1.807) is 4.90 Å². The molecule has 1 aromatic rings. The number of allylic oxidation sites excluding steroid dienone is 1. The third kappa shape index (κ3) is 3.78. The van der Waals surface area contributed by atoms with Crippen LogP contribution >= 0.6 is 0 Å². The zero-order chi connectivity index (χ0) is 15.5. The Hall–Kier alpha value is -1.97. The maximum Gasteiger partial charge on any atom is 0.414 e. The van der Waals surface area contributed by atoms with Crippen LogP contribution in [-0.2, 0) is 11.2 Å². The van der Waals surface area contributed by atoms with Gasteiger partial charge in [-0.25, -0.2) is 4.79 Å². The van der Waals surface area contributed by atoms with Crippen LogP contribution < -0.4 is 9.64 Å². The zero-order valence-electron chi connectivity index (χ0n) is 13.2. The molecule has 114 valence electrons. The molecule has 1 aromatic carbocycles. The predicted octanol–water partition coefficient (Wildman–Crippen LogP) is 3.94. The molecule has 0 radical (unpaired) electrons. The van der Waals surface area contributed by atoms with E-state index < -0.39 is 5.60 Å². The topological polar surface area (TPSA) is 38.8 Å². The minimum Gasteiger partial charge on any atom is -0.489 e. The number of amides is 1. The normalized spacial score (nSPS) is 14.4. The lowest BCUT2D eigenvalue weighted by atomic mass is 10.1. The maximum atomic E-state index is 12.2. The Bertz CT molecular complexity index is 543. The van der Waals surface area contributed by atoms with Crippen LogP contribution in [0, 0.1) is 0 Å². The molecule has 0 saturated carbocycles. The number of hydrogen-bond acceptors (Lipinski definition) is 3. The molecule has 0 spiro atoms. The van der Waals surface area contributed by atoms with Gasteiger partial charge in [0.1, 0.15) is 18.0 Å². The first-order valence-corrected chi connectivity index (χ1v) is 7.29. The SMILES string of the molecule is CC=CCOc1cccc2c1CCN2C(=O)OC(C)(C)C. The Labute approximate surface area is 126 Å². The number of hydrogen-bond donors (Lipinski definition) is 0. The minimum absolute atomic E-state index is 0.299. The van der Waals surface area contributed by atoms with Crippen molar-refractivity contribution >= 4 is 11.8 Å². The smallest absolute Gasteiger partial charge is 0.414 e. The molecule has 1 amide bonds. The highest BCUT2D eigenvalue weighted by Crippen LogP contribution is 2.35. The molecule has 0 unspecified atom stereocenters. The summed E-state index contributed by atoms with van der Waals surface area (Å²) in [6.45, 7) is 8.76. The van der Waals surface area contributed by atoms with Gasteiger partial charge in [-0.15, -0.1) is 0 Å². The van der Waals surface area contributed by atoms with E-state index in [-0.39, 0.29) is 6.09 Å². The third-order valence-electron chi connectivity index (χ3n) is 3.17. The summed E-state index contributed by atoms with van der Waals surface area (Å²) in [5, 5.41) is 0. The van der Waals surface area contributed by atoms with Crippen LogP contribution in [-0.4, -0.2) is 24.8 Å². The fraction of sp³-hybridized carbons (Fsp3) is 0.471. The van der Waals surface area contributed by atoms with Crippen molar-refractivity contribution in [3.8, 4) is 5.75 Å². The number of rotatable bonds is 3. The van der Waals surface area contributed by atoms with E-state index in [2.05, 4.69) is 0 Å². The second kappa shape index (κ2) is 6.20. The highest BCUT2D eigenvalue weighted by atomic mass is 16.6. The fourth-order valence-electron chi connectivity index (χ4n) is 2.28. The van der Waals surface area contributed by atoms with Gasteiger partial charge in [0.25, 0.3) is 0 Å². The Kier molecular flexibility index (Phi) is 4.56. The van der Waals surface area contributed by atoms with Crippen molar-refractivity contribution in [2.75, 3.05) is 18.1 Å². The molecule has 0 fully saturated rings. The summed E-state index contributed by atoms with van der Waals surface area (Å²) < 4.78 is 11.2. The van der Waals surface area contributed by atoms with Gasteiger partial charge in [-0.05, 0) is 46.2 Å². The van der Waals surface area contributed by atoms with Crippen molar-refractivity contribution in [3.63, 3.8) is 0 Å². The van der Waals surface area contributed by atoms with Crippen molar-refractivity contribution in [1.29, 1.82) is 0 Å². The van der Waals surface area contributed by atoms with Gasteiger partial charge in [0.05, 0.1) is 5.69 Å². The van der Waals surface area contributed by atoms with Crippen LogP contribution in [0.4, 0.5) is 10.5 Å². The molecule has 21 heavy (non-hydrogen) atoms. The van der Waals surface area contributed by atoms with Gasteiger partial charge < -0.3 is 9.47 Å². The second-order valence-corrected chi connectivity index (χ2v) is 6.02. The molecule has 4 nitrogen and oxygen atoms in total. The summed E-state index contributed by atoms with van der Waals surface area (Å²) in [6.07, 6.45) is 4.41. The van der Waals surface area contributed by atoms with Crippen LogP contribution in [0.2, 0.25) is 0 Å². The van der Waals surface area contributed by atoms with Gasteiger partial charge in [-0.1, -0.05) is 18.2 Å². The largest absolute Gasteiger partial charge is 0.489 e. The predicted molar refractivity (Wildman–Crippen MR) is 84.0 cm³/mol. The molecule has 0 atom stereocenters. The van der Waals surface area contributed by atoms with Crippen LogP contribution in [0.15, 0.2) is 30.4 Å².